The molecule has 0 fully saturated rings. The number of carbonyl (C=O) groups is 1. The van der Waals surface area contributed by atoms with Crippen molar-refractivity contribution in [3.05, 3.63) is 46.8 Å². The summed E-state index contributed by atoms with van der Waals surface area (Å²) < 4.78 is 5.21. The van der Waals surface area contributed by atoms with E-state index in [4.69, 9.17) is 4.74 Å². The first-order chi connectivity index (χ1) is 11.4. The monoisotopic (exact) mass is 345 g/mol. The van der Waals surface area contributed by atoms with E-state index in [0.717, 1.165) is 28.3 Å². The quantitative estimate of drug-likeness (QED) is 0.594. The summed E-state index contributed by atoms with van der Waals surface area (Å²) in [5.41, 5.74) is 4.05. The van der Waals surface area contributed by atoms with Crippen LogP contribution in [0.15, 0.2) is 29.4 Å². The maximum absolute atomic E-state index is 12.3. The third-order valence-corrected chi connectivity index (χ3v) is 4.75. The van der Waals surface area contributed by atoms with E-state index < -0.39 is 0 Å². The average molecular weight is 345 g/mol. The Kier molecular flexibility index (Phi) is 6.20. The van der Waals surface area contributed by atoms with E-state index in [1.807, 2.05) is 45.0 Å². The predicted molar refractivity (Wildman–Crippen MR) is 96.4 cm³/mol. The van der Waals surface area contributed by atoms with Gasteiger partial charge in [0.15, 0.2) is 5.16 Å². The zero-order valence-corrected chi connectivity index (χ0v) is 15.6. The largest absolute Gasteiger partial charge is 0.497 e. The first-order valence-electron chi connectivity index (χ1n) is 7.72. The van der Waals surface area contributed by atoms with Gasteiger partial charge in [-0.05, 0) is 44.0 Å². The number of amides is 1. The van der Waals surface area contributed by atoms with Crippen LogP contribution in [-0.4, -0.2) is 40.7 Å². The van der Waals surface area contributed by atoms with Gasteiger partial charge in [0.1, 0.15) is 5.75 Å². The van der Waals surface area contributed by atoms with Gasteiger partial charge < -0.3 is 9.64 Å². The molecule has 1 heterocycles. The number of hydrogen-bond acceptors (Lipinski definition) is 5. The van der Waals surface area contributed by atoms with Crippen molar-refractivity contribution < 1.29 is 9.53 Å². The SMILES string of the molecule is COc1cccc(CN(C)C(=O)CSc2nc(C)c(C)c(C)n2)c1. The zero-order valence-electron chi connectivity index (χ0n) is 14.8. The molecule has 0 unspecified atom stereocenters. The van der Waals surface area contributed by atoms with E-state index >= 15 is 0 Å². The van der Waals surface area contributed by atoms with Crippen molar-refractivity contribution in [2.24, 2.45) is 0 Å². The number of benzene rings is 1. The van der Waals surface area contributed by atoms with Gasteiger partial charge in [-0.15, -0.1) is 0 Å². The molecule has 1 aromatic heterocycles. The standard InChI is InChI=1S/C18H23N3O2S/c1-12-13(2)19-18(20-14(12)3)24-11-17(22)21(4)10-15-7-6-8-16(9-15)23-5/h6-9H,10-11H2,1-5H3. The molecule has 0 atom stereocenters. The van der Waals surface area contributed by atoms with Crippen LogP contribution in [0.2, 0.25) is 0 Å². The highest BCUT2D eigenvalue weighted by atomic mass is 32.2. The van der Waals surface area contributed by atoms with E-state index in [1.54, 1.807) is 19.1 Å². The summed E-state index contributed by atoms with van der Waals surface area (Å²) >= 11 is 1.37. The van der Waals surface area contributed by atoms with E-state index in [9.17, 15) is 4.79 Å². The molecular weight excluding hydrogens is 322 g/mol. The van der Waals surface area contributed by atoms with Crippen LogP contribution in [0.5, 0.6) is 5.75 Å². The molecular formula is C18H23N3O2S. The summed E-state index contributed by atoms with van der Waals surface area (Å²) in [6.07, 6.45) is 0. The van der Waals surface area contributed by atoms with Crippen LogP contribution in [0.25, 0.3) is 0 Å². The summed E-state index contributed by atoms with van der Waals surface area (Å²) in [5.74, 6) is 1.16. The average Bonchev–Trinajstić information content (AvgIpc) is 2.57. The normalized spacial score (nSPS) is 10.5. The predicted octanol–water partition coefficient (Wildman–Crippen LogP) is 3.16. The molecule has 0 spiro atoms. The fraction of sp³-hybridized carbons (Fsp3) is 0.389. The molecule has 6 heteroatoms. The van der Waals surface area contributed by atoms with E-state index in [2.05, 4.69) is 9.97 Å². The van der Waals surface area contributed by atoms with Gasteiger partial charge in [0, 0.05) is 25.0 Å². The number of aryl methyl sites for hydroxylation is 2. The molecule has 1 aromatic carbocycles. The molecule has 0 saturated carbocycles. The smallest absolute Gasteiger partial charge is 0.233 e. The van der Waals surface area contributed by atoms with E-state index in [1.165, 1.54) is 11.8 Å². The van der Waals surface area contributed by atoms with Crippen LogP contribution in [0.4, 0.5) is 0 Å². The van der Waals surface area contributed by atoms with Crippen LogP contribution in [0.3, 0.4) is 0 Å². The summed E-state index contributed by atoms with van der Waals surface area (Å²) in [5, 5.41) is 0.652. The molecule has 24 heavy (non-hydrogen) atoms. The molecule has 2 aromatic rings. The number of ether oxygens (including phenoxy) is 1. The Hall–Kier alpha value is -2.08. The summed E-state index contributed by atoms with van der Waals surface area (Å²) in [6, 6.07) is 7.73. The lowest BCUT2D eigenvalue weighted by Crippen LogP contribution is -2.27. The zero-order chi connectivity index (χ0) is 17.7. The molecule has 128 valence electrons. The Labute approximate surface area is 147 Å². The molecule has 0 aliphatic carbocycles. The first-order valence-corrected chi connectivity index (χ1v) is 8.70. The minimum absolute atomic E-state index is 0.0438. The minimum Gasteiger partial charge on any atom is -0.497 e. The van der Waals surface area contributed by atoms with E-state index in [0.29, 0.717) is 17.5 Å². The van der Waals surface area contributed by atoms with Gasteiger partial charge in [0.05, 0.1) is 12.9 Å². The van der Waals surface area contributed by atoms with Crippen LogP contribution < -0.4 is 4.74 Å². The van der Waals surface area contributed by atoms with Crippen molar-refractivity contribution in [2.45, 2.75) is 32.5 Å². The third kappa shape index (κ3) is 4.71. The Morgan fingerprint density at radius 2 is 1.88 bits per heavy atom. The van der Waals surface area contributed by atoms with Crippen molar-refractivity contribution in [3.63, 3.8) is 0 Å². The number of methoxy groups -OCH3 is 1. The number of hydrogen-bond donors (Lipinski definition) is 0. The molecule has 5 nitrogen and oxygen atoms in total. The Bertz CT molecular complexity index is 711. The fourth-order valence-electron chi connectivity index (χ4n) is 2.18. The molecule has 0 aliphatic rings. The maximum Gasteiger partial charge on any atom is 0.233 e. The number of nitrogens with zero attached hydrogens (tertiary/aromatic N) is 3. The molecule has 0 N–H and O–H groups in total. The van der Waals surface area contributed by atoms with Crippen LogP contribution in [-0.2, 0) is 11.3 Å². The van der Waals surface area contributed by atoms with Crippen LogP contribution in [0, 0.1) is 20.8 Å². The van der Waals surface area contributed by atoms with Gasteiger partial charge >= 0.3 is 0 Å². The van der Waals surface area contributed by atoms with Gasteiger partial charge in [-0.2, -0.15) is 0 Å². The Morgan fingerprint density at radius 3 is 2.50 bits per heavy atom. The van der Waals surface area contributed by atoms with Crippen molar-refractivity contribution in [2.75, 3.05) is 19.9 Å². The van der Waals surface area contributed by atoms with Gasteiger partial charge in [0.2, 0.25) is 5.91 Å². The second-order valence-electron chi connectivity index (χ2n) is 5.69. The highest BCUT2D eigenvalue weighted by molar-refractivity contribution is 7.99. The molecule has 0 bridgehead atoms. The third-order valence-electron chi connectivity index (χ3n) is 3.92. The second kappa shape index (κ2) is 8.15. The van der Waals surface area contributed by atoms with Gasteiger partial charge in [-0.25, -0.2) is 9.97 Å². The second-order valence-corrected chi connectivity index (χ2v) is 6.63. The van der Waals surface area contributed by atoms with Crippen molar-refractivity contribution in [3.8, 4) is 5.75 Å². The summed E-state index contributed by atoms with van der Waals surface area (Å²) in [6.45, 7) is 6.48. The molecule has 0 aliphatic heterocycles. The lowest BCUT2D eigenvalue weighted by molar-refractivity contribution is -0.127. The number of aromatic nitrogens is 2. The van der Waals surface area contributed by atoms with Gasteiger partial charge in [0.25, 0.3) is 0 Å². The van der Waals surface area contributed by atoms with Crippen molar-refractivity contribution in [1.29, 1.82) is 0 Å². The lowest BCUT2D eigenvalue weighted by Gasteiger charge is -2.17. The van der Waals surface area contributed by atoms with Crippen molar-refractivity contribution >= 4 is 17.7 Å². The molecule has 0 radical (unpaired) electrons. The topological polar surface area (TPSA) is 55.3 Å². The highest BCUT2D eigenvalue weighted by Gasteiger charge is 2.12. The number of rotatable bonds is 6. The Morgan fingerprint density at radius 1 is 1.21 bits per heavy atom. The van der Waals surface area contributed by atoms with Gasteiger partial charge in [-0.1, -0.05) is 23.9 Å². The Balaban J connectivity index is 1.94. The molecule has 0 saturated heterocycles. The number of thioether (sulfide) groups is 1. The summed E-state index contributed by atoms with van der Waals surface area (Å²) in [4.78, 5) is 22.9. The first kappa shape index (κ1) is 18.3. The highest BCUT2D eigenvalue weighted by Crippen LogP contribution is 2.18. The minimum atomic E-state index is 0.0438. The van der Waals surface area contributed by atoms with E-state index in [-0.39, 0.29) is 5.91 Å². The van der Waals surface area contributed by atoms with Crippen molar-refractivity contribution in [1.82, 2.24) is 14.9 Å². The van der Waals surface area contributed by atoms with Crippen LogP contribution >= 0.6 is 11.8 Å². The summed E-state index contributed by atoms with van der Waals surface area (Å²) in [7, 11) is 3.44. The maximum atomic E-state index is 12.3. The van der Waals surface area contributed by atoms with Crippen LogP contribution in [0.1, 0.15) is 22.5 Å². The number of carbonyl (C=O) groups excluding carboxylic acids is 1. The molecule has 1 amide bonds. The molecule has 2 rings (SSSR count). The fourth-order valence-corrected chi connectivity index (χ4v) is 3.05. The lowest BCUT2D eigenvalue weighted by atomic mass is 10.2. The van der Waals surface area contributed by atoms with Gasteiger partial charge in [-0.3, -0.25) is 4.79 Å².